The highest BCUT2D eigenvalue weighted by Gasteiger charge is 2.53. The van der Waals surface area contributed by atoms with E-state index in [0.29, 0.717) is 22.3 Å². The smallest absolute Gasteiger partial charge is 0.303 e. The fourth-order valence-electron chi connectivity index (χ4n) is 4.21. The fourth-order valence-corrected chi connectivity index (χ4v) is 4.44. The highest BCUT2D eigenvalue weighted by Crippen LogP contribution is 2.35. The number of fused-ring (bicyclic) bond motifs is 1. The van der Waals surface area contributed by atoms with E-state index >= 15 is 0 Å². The zero-order valence-corrected chi connectivity index (χ0v) is 22.4. The van der Waals surface area contributed by atoms with Crippen molar-refractivity contribution in [1.29, 1.82) is 0 Å². The van der Waals surface area contributed by atoms with Crippen LogP contribution in [-0.4, -0.2) is 75.7 Å². The van der Waals surface area contributed by atoms with Crippen molar-refractivity contribution in [1.82, 2.24) is 14.5 Å². The Morgan fingerprint density at radius 3 is 2.29 bits per heavy atom. The van der Waals surface area contributed by atoms with Gasteiger partial charge >= 0.3 is 23.9 Å². The van der Waals surface area contributed by atoms with Crippen molar-refractivity contribution in [3.8, 4) is 16.9 Å². The Labute approximate surface area is 245 Å². The molecule has 1 aliphatic heterocycles. The van der Waals surface area contributed by atoms with E-state index in [2.05, 4.69) is 9.97 Å². The Morgan fingerprint density at radius 1 is 0.927 bits per heavy atom. The number of hydrogen-bond acceptors (Lipinski definition) is 12. The third kappa shape index (κ3) is 7.11. The number of nitrogens with zero attached hydrogens (tertiary/aromatic N) is 3. The molecule has 13 nitrogen and oxygen atoms in total. The average molecular weight is 594 g/mol. The van der Waals surface area contributed by atoms with Crippen LogP contribution in [0.1, 0.15) is 33.1 Å². The zero-order valence-electron chi connectivity index (χ0n) is 25.7. The van der Waals surface area contributed by atoms with Gasteiger partial charge in [-0.2, -0.15) is 0 Å². The second kappa shape index (κ2) is 12.5. The topological polar surface area (TPSA) is 154 Å². The average Bonchev–Trinajstić information content (AvgIpc) is 3.42. The van der Waals surface area contributed by atoms with Gasteiger partial charge in [-0.3, -0.25) is 19.2 Å². The Kier molecular flexibility index (Phi) is 7.50. The summed E-state index contributed by atoms with van der Waals surface area (Å²) in [4.78, 5) is 57.2. The summed E-state index contributed by atoms with van der Waals surface area (Å²) in [6.07, 6.45) is -4.80. The number of aryl methyl sites for hydroxylation is 1. The number of hydrogen-bond donors (Lipinski definition) is 0. The number of aromatic nitrogens is 3. The first-order valence-corrected chi connectivity index (χ1v) is 12.3. The van der Waals surface area contributed by atoms with Crippen LogP contribution in [0, 0.1) is 0 Å². The molecule has 0 saturated carbocycles. The maximum atomic E-state index is 12.3. The Bertz CT molecular complexity index is 1560. The van der Waals surface area contributed by atoms with Gasteiger partial charge in [0.2, 0.25) is 12.4 Å². The van der Waals surface area contributed by atoms with Gasteiger partial charge in [-0.05, 0) is 23.8 Å². The molecule has 14 heteroatoms. The standard InChI is InChI=1S/C27H28ClN3O10/c1-13(32)36-11-22-23(37-14(2)33)24(38-15(3)34)25(39-16(4)35)27(41-22)40-21-7-6-17(8-19(21)28)18-9-20-26(29-10-18)31(5)12-30-20/h6-10,12,22-25,27H,11H2,1-5H3/t22-,23-,24+,25+,27?/m1/s1/i1D,2D,3D,4D. The van der Waals surface area contributed by atoms with Crippen molar-refractivity contribution in [3.05, 3.63) is 41.8 Å². The molecule has 0 bridgehead atoms. The normalized spacial score (nSPS) is 23.3. The Hall–Kier alpha value is -4.23. The monoisotopic (exact) mass is 593 g/mol. The molecule has 4 rings (SSSR count). The van der Waals surface area contributed by atoms with Crippen LogP contribution in [0.15, 0.2) is 36.8 Å². The summed E-state index contributed by atoms with van der Waals surface area (Å²) >= 11 is 6.57. The molecule has 0 radical (unpaired) electrons. The molecule has 218 valence electrons. The van der Waals surface area contributed by atoms with Gasteiger partial charge in [0, 0.05) is 51.9 Å². The lowest BCUT2D eigenvalue weighted by molar-refractivity contribution is -0.288. The summed E-state index contributed by atoms with van der Waals surface area (Å²) in [7, 11) is 1.82. The van der Waals surface area contributed by atoms with Crippen molar-refractivity contribution in [2.75, 3.05) is 6.61 Å². The summed E-state index contributed by atoms with van der Waals surface area (Å²) in [5.41, 5.74) is 2.69. The molecule has 2 aromatic heterocycles. The lowest BCUT2D eigenvalue weighted by Crippen LogP contribution is -2.63. The number of pyridine rings is 1. The molecule has 0 N–H and O–H groups in total. The minimum atomic E-state index is -1.69. The summed E-state index contributed by atoms with van der Waals surface area (Å²) in [5.74, 6) is -4.23. The van der Waals surface area contributed by atoms with Crippen molar-refractivity contribution in [3.63, 3.8) is 0 Å². The molecular formula is C27H28ClN3O10. The summed E-state index contributed by atoms with van der Waals surface area (Å²) in [6.45, 7) is -3.94. The van der Waals surface area contributed by atoms with E-state index < -0.39 is 88.8 Å². The number of rotatable bonds is 8. The SMILES string of the molecule is [2H]CC(=O)OC[C@H]1OC(Oc2ccc(-c3cnc4c(c3)ncn4C)cc2Cl)[C@@H](OC(=O)C[2H])[C@@H](OC(=O)C[2H])[C@@H]1OC(=O)C[2H]. The van der Waals surface area contributed by atoms with Crippen LogP contribution in [0.5, 0.6) is 5.75 Å². The fraction of sp³-hybridized carbons (Fsp3) is 0.407. The minimum Gasteiger partial charge on any atom is -0.463 e. The van der Waals surface area contributed by atoms with E-state index in [-0.39, 0.29) is 10.8 Å². The highest BCUT2D eigenvalue weighted by atomic mass is 35.5. The summed E-state index contributed by atoms with van der Waals surface area (Å²) in [6, 6.07) is 6.53. The van der Waals surface area contributed by atoms with Crippen molar-refractivity contribution < 1.29 is 53.1 Å². The number of carbonyl (C=O) groups excluding carboxylic acids is 4. The molecule has 5 atom stereocenters. The Morgan fingerprint density at radius 2 is 1.61 bits per heavy atom. The van der Waals surface area contributed by atoms with Crippen molar-refractivity contribution in [2.45, 2.75) is 58.3 Å². The van der Waals surface area contributed by atoms with Crippen LogP contribution in [-0.2, 0) is 49.9 Å². The number of benzene rings is 1. The first-order chi connectivity index (χ1) is 21.6. The molecule has 1 aliphatic rings. The maximum absolute atomic E-state index is 12.3. The van der Waals surface area contributed by atoms with Crippen LogP contribution in [0.4, 0.5) is 0 Å². The lowest BCUT2D eigenvalue weighted by atomic mass is 9.98. The van der Waals surface area contributed by atoms with E-state index in [1.807, 2.05) is 13.1 Å². The van der Waals surface area contributed by atoms with Gasteiger partial charge in [0.25, 0.3) is 0 Å². The zero-order chi connectivity index (χ0) is 32.7. The maximum Gasteiger partial charge on any atom is 0.303 e. The van der Waals surface area contributed by atoms with Crippen LogP contribution in [0.25, 0.3) is 22.3 Å². The van der Waals surface area contributed by atoms with Crippen molar-refractivity contribution in [2.24, 2.45) is 7.05 Å². The number of esters is 4. The quantitative estimate of drug-likeness (QED) is 0.278. The van der Waals surface area contributed by atoms with E-state index in [4.69, 9.17) is 45.5 Å². The highest BCUT2D eigenvalue weighted by molar-refractivity contribution is 6.32. The van der Waals surface area contributed by atoms with Gasteiger partial charge in [-0.25, -0.2) is 9.97 Å². The molecule has 3 heterocycles. The molecule has 1 unspecified atom stereocenters. The van der Waals surface area contributed by atoms with Gasteiger partial charge in [0.05, 0.1) is 11.3 Å². The van der Waals surface area contributed by atoms with E-state index in [1.54, 1.807) is 29.2 Å². The number of ether oxygens (including phenoxy) is 6. The summed E-state index contributed by atoms with van der Waals surface area (Å²) < 4.78 is 64.0. The second-order valence-corrected chi connectivity index (χ2v) is 9.18. The predicted octanol–water partition coefficient (Wildman–Crippen LogP) is 2.75. The van der Waals surface area contributed by atoms with Gasteiger partial charge in [0.15, 0.2) is 17.9 Å². The first-order valence-electron chi connectivity index (χ1n) is 14.7. The van der Waals surface area contributed by atoms with Crippen molar-refractivity contribution >= 4 is 46.6 Å². The second-order valence-electron chi connectivity index (χ2n) is 8.77. The molecule has 1 fully saturated rings. The van der Waals surface area contributed by atoms with Crippen LogP contribution < -0.4 is 4.74 Å². The lowest BCUT2D eigenvalue weighted by Gasteiger charge is -2.44. The Balaban J connectivity index is 1.70. The summed E-state index contributed by atoms with van der Waals surface area (Å²) in [5, 5.41) is 0.0717. The predicted molar refractivity (Wildman–Crippen MR) is 142 cm³/mol. The van der Waals surface area contributed by atoms with Gasteiger partial charge in [-0.15, -0.1) is 0 Å². The molecule has 0 aliphatic carbocycles. The number of imidazole rings is 1. The van der Waals surface area contributed by atoms with Crippen LogP contribution >= 0.6 is 11.6 Å². The van der Waals surface area contributed by atoms with E-state index in [0.717, 1.165) is 0 Å². The third-order valence-electron chi connectivity index (χ3n) is 5.86. The molecule has 1 aromatic carbocycles. The van der Waals surface area contributed by atoms with Crippen LogP contribution in [0.2, 0.25) is 5.02 Å². The van der Waals surface area contributed by atoms with Crippen LogP contribution in [0.3, 0.4) is 0 Å². The molecule has 3 aromatic rings. The molecule has 1 saturated heterocycles. The van der Waals surface area contributed by atoms with Gasteiger partial charge in [-0.1, -0.05) is 17.7 Å². The molecular weight excluding hydrogens is 562 g/mol. The first kappa shape index (κ1) is 24.6. The van der Waals surface area contributed by atoms with Gasteiger partial charge < -0.3 is 33.0 Å². The number of halogens is 1. The molecule has 41 heavy (non-hydrogen) atoms. The molecule has 0 spiro atoms. The number of carbonyl (C=O) groups is 4. The molecule has 0 amide bonds. The largest absolute Gasteiger partial charge is 0.463 e. The third-order valence-corrected chi connectivity index (χ3v) is 6.16. The van der Waals surface area contributed by atoms with E-state index in [9.17, 15) is 19.2 Å². The van der Waals surface area contributed by atoms with Gasteiger partial charge in [0.1, 0.15) is 24.0 Å². The minimum absolute atomic E-state index is 0.0123. The van der Waals surface area contributed by atoms with E-state index in [1.165, 1.54) is 6.07 Å².